The minimum absolute atomic E-state index is 0.0217. The van der Waals surface area contributed by atoms with Crippen LogP contribution in [0.25, 0.3) is 0 Å². The van der Waals surface area contributed by atoms with Gasteiger partial charge in [-0.05, 0) is 28.7 Å². The van der Waals surface area contributed by atoms with Gasteiger partial charge in [-0.1, -0.05) is 63.2 Å². The molecule has 4 rings (SSSR count). The molecule has 1 aliphatic heterocycles. The average molecular weight is 433 g/mol. The molecule has 2 amide bonds. The summed E-state index contributed by atoms with van der Waals surface area (Å²) < 4.78 is 5.49. The van der Waals surface area contributed by atoms with E-state index in [0.29, 0.717) is 24.5 Å². The number of hydrogen-bond acceptors (Lipinski definition) is 4. The van der Waals surface area contributed by atoms with E-state index in [1.54, 1.807) is 4.90 Å². The molecule has 0 bridgehead atoms. The van der Waals surface area contributed by atoms with E-state index in [2.05, 4.69) is 36.3 Å². The summed E-state index contributed by atoms with van der Waals surface area (Å²) in [6.07, 6.45) is -0.674. The number of methoxy groups -OCH3 is 1. The highest BCUT2D eigenvalue weighted by atomic mass is 16.5. The van der Waals surface area contributed by atoms with Gasteiger partial charge in [-0.25, -0.2) is 0 Å². The third-order valence-electron chi connectivity index (χ3n) is 5.77. The maximum Gasteiger partial charge on any atom is 0.256 e. The Morgan fingerprint density at radius 3 is 2.38 bits per heavy atom. The molecule has 166 valence electrons. The summed E-state index contributed by atoms with van der Waals surface area (Å²) in [6.45, 7) is 7.15. The van der Waals surface area contributed by atoms with Crippen LogP contribution in [0.15, 0.2) is 54.6 Å². The molecule has 0 unspecified atom stereocenters. The van der Waals surface area contributed by atoms with Crippen molar-refractivity contribution in [3.8, 4) is 0 Å². The van der Waals surface area contributed by atoms with Crippen LogP contribution < -0.4 is 5.32 Å². The number of ether oxygens (including phenoxy) is 1. The first kappa shape index (κ1) is 21.8. The number of nitrogens with one attached hydrogen (secondary N) is 2. The lowest BCUT2D eigenvalue weighted by molar-refractivity contribution is -0.143. The molecule has 3 aromatic rings. The topological polar surface area (TPSA) is 87.3 Å². The van der Waals surface area contributed by atoms with Gasteiger partial charge >= 0.3 is 0 Å². The number of aromatic nitrogens is 2. The smallest absolute Gasteiger partial charge is 0.256 e. The first-order valence-corrected chi connectivity index (χ1v) is 10.6. The van der Waals surface area contributed by atoms with Crippen LogP contribution in [0.2, 0.25) is 0 Å². The van der Waals surface area contributed by atoms with Crippen molar-refractivity contribution in [1.29, 1.82) is 0 Å². The highest BCUT2D eigenvalue weighted by Gasteiger charge is 2.33. The number of carbonyl (C=O) groups excluding carboxylic acids is 2. The van der Waals surface area contributed by atoms with Crippen LogP contribution in [0, 0.1) is 0 Å². The molecule has 0 saturated heterocycles. The Labute approximate surface area is 187 Å². The number of amides is 2. The summed E-state index contributed by atoms with van der Waals surface area (Å²) in [5, 5.41) is 10.1. The van der Waals surface area contributed by atoms with Crippen molar-refractivity contribution in [2.45, 2.75) is 45.4 Å². The number of fused-ring (bicyclic) bond motifs is 1. The summed E-state index contributed by atoms with van der Waals surface area (Å²) in [5.41, 5.74) is 4.19. The maximum atomic E-state index is 13.1. The summed E-state index contributed by atoms with van der Waals surface area (Å²) in [4.78, 5) is 27.6. The highest BCUT2D eigenvalue weighted by molar-refractivity contribution is 6.04. The van der Waals surface area contributed by atoms with E-state index >= 15 is 0 Å². The fraction of sp³-hybridized carbons (Fsp3) is 0.320. The van der Waals surface area contributed by atoms with Crippen molar-refractivity contribution in [2.24, 2.45) is 0 Å². The van der Waals surface area contributed by atoms with Gasteiger partial charge in [0.15, 0.2) is 11.9 Å². The zero-order valence-corrected chi connectivity index (χ0v) is 18.8. The van der Waals surface area contributed by atoms with E-state index in [1.807, 2.05) is 54.6 Å². The number of benzene rings is 2. The third-order valence-corrected chi connectivity index (χ3v) is 5.77. The van der Waals surface area contributed by atoms with Crippen molar-refractivity contribution >= 4 is 17.6 Å². The molecule has 0 fully saturated rings. The van der Waals surface area contributed by atoms with Crippen LogP contribution in [0.4, 0.5) is 5.82 Å². The molecule has 1 aliphatic rings. The molecule has 2 N–H and O–H groups in total. The van der Waals surface area contributed by atoms with E-state index in [9.17, 15) is 9.59 Å². The zero-order valence-electron chi connectivity index (χ0n) is 18.8. The van der Waals surface area contributed by atoms with E-state index in [-0.39, 0.29) is 17.2 Å². The SMILES string of the molecule is CO[C@@H](C(=O)N1Cc2[nH]nc(NC(=O)c3ccc(C(C)(C)C)cc3)c2C1)c1ccccc1. The molecule has 2 heterocycles. The standard InChI is InChI=1S/C25H28N4O3/c1-25(2,3)18-12-10-17(11-13-18)23(30)26-22-19-14-29(15-20(19)27-28-22)24(31)21(32-4)16-8-6-5-7-9-16/h5-13,21H,14-15H2,1-4H3,(H2,26,27,28,30)/t21-/m1/s1. The van der Waals surface area contributed by atoms with Gasteiger partial charge < -0.3 is 15.0 Å². The average Bonchev–Trinajstić information content (AvgIpc) is 3.36. The molecule has 0 radical (unpaired) electrons. The lowest BCUT2D eigenvalue weighted by Gasteiger charge is -2.22. The van der Waals surface area contributed by atoms with Crippen LogP contribution in [0.3, 0.4) is 0 Å². The van der Waals surface area contributed by atoms with Gasteiger partial charge in [-0.2, -0.15) is 5.10 Å². The van der Waals surface area contributed by atoms with E-state index in [1.165, 1.54) is 7.11 Å². The number of nitrogens with zero attached hydrogens (tertiary/aromatic N) is 2. The lowest BCUT2D eigenvalue weighted by atomic mass is 9.87. The van der Waals surface area contributed by atoms with Crippen LogP contribution in [-0.4, -0.2) is 34.0 Å². The molecule has 7 nitrogen and oxygen atoms in total. The van der Waals surface area contributed by atoms with Crippen molar-refractivity contribution < 1.29 is 14.3 Å². The van der Waals surface area contributed by atoms with Gasteiger partial charge in [0.1, 0.15) is 0 Å². The predicted octanol–water partition coefficient (Wildman–Crippen LogP) is 4.19. The summed E-state index contributed by atoms with van der Waals surface area (Å²) in [6, 6.07) is 17.0. The van der Waals surface area contributed by atoms with E-state index in [0.717, 1.165) is 22.4 Å². The second-order valence-electron chi connectivity index (χ2n) is 9.03. The monoisotopic (exact) mass is 432 g/mol. The molecule has 1 atom stereocenters. The molecule has 0 aliphatic carbocycles. The van der Waals surface area contributed by atoms with Crippen molar-refractivity contribution in [3.63, 3.8) is 0 Å². The molecule has 7 heteroatoms. The fourth-order valence-corrected chi connectivity index (χ4v) is 3.87. The number of hydrogen-bond donors (Lipinski definition) is 2. The van der Waals surface area contributed by atoms with Gasteiger partial charge in [0.25, 0.3) is 11.8 Å². The molecular weight excluding hydrogens is 404 g/mol. The second kappa shape index (κ2) is 8.59. The van der Waals surface area contributed by atoms with Crippen LogP contribution in [0.1, 0.15) is 59.6 Å². The summed E-state index contributed by atoms with van der Waals surface area (Å²) in [5.74, 6) is 0.0933. The van der Waals surface area contributed by atoms with Crippen LogP contribution in [0.5, 0.6) is 0 Å². The minimum atomic E-state index is -0.674. The molecule has 32 heavy (non-hydrogen) atoms. The predicted molar refractivity (Wildman–Crippen MR) is 122 cm³/mol. The van der Waals surface area contributed by atoms with Gasteiger partial charge in [0.05, 0.1) is 18.8 Å². The number of rotatable bonds is 5. The van der Waals surface area contributed by atoms with Crippen molar-refractivity contribution in [1.82, 2.24) is 15.1 Å². The summed E-state index contributed by atoms with van der Waals surface area (Å²) >= 11 is 0. The normalized spacial score (nSPS) is 14.2. The fourth-order valence-electron chi connectivity index (χ4n) is 3.87. The quantitative estimate of drug-likeness (QED) is 0.633. The van der Waals surface area contributed by atoms with Gasteiger partial charge in [0, 0.05) is 18.2 Å². The second-order valence-corrected chi connectivity index (χ2v) is 9.03. The Bertz CT molecular complexity index is 1110. The largest absolute Gasteiger partial charge is 0.367 e. The Hall–Kier alpha value is -3.45. The zero-order chi connectivity index (χ0) is 22.9. The number of anilines is 1. The van der Waals surface area contributed by atoms with E-state index in [4.69, 9.17) is 4.74 Å². The number of carbonyl (C=O) groups is 2. The van der Waals surface area contributed by atoms with Gasteiger partial charge in [-0.3, -0.25) is 14.7 Å². The van der Waals surface area contributed by atoms with Crippen molar-refractivity contribution in [2.75, 3.05) is 12.4 Å². The lowest BCUT2D eigenvalue weighted by Crippen LogP contribution is -2.32. The Balaban J connectivity index is 1.46. The molecule has 1 aromatic heterocycles. The first-order chi connectivity index (χ1) is 15.3. The van der Waals surface area contributed by atoms with E-state index < -0.39 is 6.10 Å². The van der Waals surface area contributed by atoms with Gasteiger partial charge in [-0.15, -0.1) is 0 Å². The molecule has 2 aromatic carbocycles. The Morgan fingerprint density at radius 1 is 1.06 bits per heavy atom. The van der Waals surface area contributed by atoms with Crippen molar-refractivity contribution in [3.05, 3.63) is 82.5 Å². The molecular formula is C25H28N4O3. The molecule has 0 spiro atoms. The summed E-state index contributed by atoms with van der Waals surface area (Å²) in [7, 11) is 1.53. The van der Waals surface area contributed by atoms with Crippen LogP contribution >= 0.6 is 0 Å². The minimum Gasteiger partial charge on any atom is -0.367 e. The van der Waals surface area contributed by atoms with Gasteiger partial charge in [0.2, 0.25) is 0 Å². The molecule has 0 saturated carbocycles. The third kappa shape index (κ3) is 4.29. The highest BCUT2D eigenvalue weighted by Crippen LogP contribution is 2.31. The number of H-pyrrole nitrogens is 1. The number of aromatic amines is 1. The first-order valence-electron chi connectivity index (χ1n) is 10.6. The Kier molecular flexibility index (Phi) is 5.84. The van der Waals surface area contributed by atoms with Crippen LogP contribution in [-0.2, 0) is 28.0 Å². The Morgan fingerprint density at radius 2 is 1.75 bits per heavy atom. The maximum absolute atomic E-state index is 13.1.